The van der Waals surface area contributed by atoms with Gasteiger partial charge in [0.25, 0.3) is 6.71 Å². The van der Waals surface area contributed by atoms with Gasteiger partial charge in [-0.1, -0.05) is 142 Å². The maximum Gasteiger partial charge on any atom is 0.252 e. The van der Waals surface area contributed by atoms with Gasteiger partial charge in [-0.25, -0.2) is 0 Å². The van der Waals surface area contributed by atoms with Crippen molar-refractivity contribution in [2.45, 2.75) is 136 Å². The number of fused-ring (bicyclic) bond motifs is 6. The Morgan fingerprint density at radius 2 is 1.08 bits per heavy atom. The molecule has 61 heavy (non-hydrogen) atoms. The Labute approximate surface area is 371 Å². The fourth-order valence-corrected chi connectivity index (χ4v) is 11.6. The molecule has 0 aromatic heterocycles. The van der Waals surface area contributed by atoms with Gasteiger partial charge in [-0.2, -0.15) is 0 Å². The lowest BCUT2D eigenvalue weighted by Gasteiger charge is -2.48. The van der Waals surface area contributed by atoms with Crippen molar-refractivity contribution in [3.8, 4) is 11.1 Å². The standard InChI is InChI=1S/C57H62BClN2/c1-35-28-50-52-51(29-35)61(47-23-18-37(53(2,3)4)30-40(47)36-16-14-13-15-17-36)48-31-38(59)19-22-45(48)58(52)46-33-43-44(57(11,12)27-26-56(43,9)10)34-49(46)60(50)39-20-21-41-42(32-39)55(7,8)25-24-54(41,5)6/h13-23,28-34H,24-27H2,1-12H3. The van der Waals surface area contributed by atoms with Crippen LogP contribution in [-0.4, -0.2) is 6.71 Å². The third-order valence-electron chi connectivity index (χ3n) is 15.4. The lowest BCUT2D eigenvalue weighted by atomic mass is 9.33. The number of halogens is 1. The molecule has 0 unspecified atom stereocenters. The Hall–Kier alpha value is -4.73. The van der Waals surface area contributed by atoms with Crippen LogP contribution in [0.3, 0.4) is 0 Å². The average molecular weight is 821 g/mol. The fraction of sp³-hybridized carbons (Fsp3) is 0.368. The fourth-order valence-electron chi connectivity index (χ4n) is 11.5. The third kappa shape index (κ3) is 6.26. The highest BCUT2D eigenvalue weighted by Gasteiger charge is 2.47. The summed E-state index contributed by atoms with van der Waals surface area (Å²) in [7, 11) is 0. The normalized spacial score (nSPS) is 18.7. The molecule has 0 saturated carbocycles. The van der Waals surface area contributed by atoms with E-state index < -0.39 is 0 Å². The minimum Gasteiger partial charge on any atom is -0.311 e. The first-order valence-corrected chi connectivity index (χ1v) is 23.1. The molecule has 6 aromatic carbocycles. The van der Waals surface area contributed by atoms with Gasteiger partial charge in [-0.3, -0.25) is 0 Å². The van der Waals surface area contributed by atoms with E-state index in [1.165, 1.54) is 109 Å². The summed E-state index contributed by atoms with van der Waals surface area (Å²) >= 11 is 7.10. The van der Waals surface area contributed by atoms with E-state index >= 15 is 0 Å². The molecule has 0 amide bonds. The molecule has 6 aromatic rings. The van der Waals surface area contributed by atoms with Gasteiger partial charge in [0.05, 0.1) is 5.69 Å². The number of aryl methyl sites for hydroxylation is 1. The van der Waals surface area contributed by atoms with Crippen molar-refractivity contribution in [2.24, 2.45) is 0 Å². The highest BCUT2D eigenvalue weighted by molar-refractivity contribution is 7.00. The Bertz CT molecular complexity index is 2780. The second-order valence-corrected chi connectivity index (χ2v) is 23.0. The molecule has 0 N–H and O–H groups in total. The van der Waals surface area contributed by atoms with E-state index in [0.29, 0.717) is 0 Å². The lowest BCUT2D eigenvalue weighted by Crippen LogP contribution is -2.62. The zero-order valence-electron chi connectivity index (χ0n) is 38.6. The summed E-state index contributed by atoms with van der Waals surface area (Å²) in [5.74, 6) is 0. The molecule has 0 bridgehead atoms. The van der Waals surface area contributed by atoms with Crippen molar-refractivity contribution in [1.82, 2.24) is 0 Å². The van der Waals surface area contributed by atoms with Crippen LogP contribution in [0.4, 0.5) is 34.1 Å². The molecule has 0 saturated heterocycles. The first-order chi connectivity index (χ1) is 28.7. The Morgan fingerprint density at radius 1 is 0.508 bits per heavy atom. The Morgan fingerprint density at radius 3 is 1.72 bits per heavy atom. The third-order valence-corrected chi connectivity index (χ3v) is 15.7. The van der Waals surface area contributed by atoms with E-state index in [0.717, 1.165) is 16.4 Å². The van der Waals surface area contributed by atoms with Crippen molar-refractivity contribution in [3.63, 3.8) is 0 Å². The minimum absolute atomic E-state index is 0.0108. The van der Waals surface area contributed by atoms with E-state index in [9.17, 15) is 0 Å². The van der Waals surface area contributed by atoms with Gasteiger partial charge in [-0.15, -0.1) is 0 Å². The summed E-state index contributed by atoms with van der Waals surface area (Å²) in [6.45, 7) is 28.9. The first kappa shape index (κ1) is 40.4. The minimum atomic E-state index is -0.0108. The summed E-state index contributed by atoms with van der Waals surface area (Å²) in [4.78, 5) is 5.21. The van der Waals surface area contributed by atoms with Crippen LogP contribution in [0.2, 0.25) is 5.02 Å². The number of rotatable bonds is 3. The predicted molar refractivity (Wildman–Crippen MR) is 265 cm³/mol. The second kappa shape index (κ2) is 13.4. The van der Waals surface area contributed by atoms with Crippen molar-refractivity contribution < 1.29 is 0 Å². The average Bonchev–Trinajstić information content (AvgIpc) is 3.20. The molecule has 2 aliphatic carbocycles. The first-order valence-electron chi connectivity index (χ1n) is 22.7. The van der Waals surface area contributed by atoms with E-state index in [-0.39, 0.29) is 33.8 Å². The monoisotopic (exact) mass is 820 g/mol. The molecule has 0 spiro atoms. The summed E-state index contributed by atoms with van der Waals surface area (Å²) in [5, 5.41) is 0.748. The van der Waals surface area contributed by atoms with Gasteiger partial charge in [0, 0.05) is 39.0 Å². The van der Waals surface area contributed by atoms with Crippen LogP contribution in [-0.2, 0) is 27.1 Å². The molecule has 0 radical (unpaired) electrons. The van der Waals surface area contributed by atoms with Crippen molar-refractivity contribution in [3.05, 3.63) is 148 Å². The van der Waals surface area contributed by atoms with Crippen molar-refractivity contribution in [2.75, 3.05) is 9.80 Å². The Kier molecular flexibility index (Phi) is 8.86. The van der Waals surface area contributed by atoms with E-state index in [1.54, 1.807) is 0 Å². The number of anilines is 6. The molecule has 0 fully saturated rings. The summed E-state index contributed by atoms with van der Waals surface area (Å²) in [5.41, 5.74) is 22.7. The summed E-state index contributed by atoms with van der Waals surface area (Å²) in [6, 6.07) is 42.4. The van der Waals surface area contributed by atoms with Crippen LogP contribution in [0.25, 0.3) is 11.1 Å². The maximum atomic E-state index is 7.10. The Balaban J connectivity index is 1.32. The van der Waals surface area contributed by atoms with Gasteiger partial charge >= 0.3 is 0 Å². The number of hydrogen-bond donors (Lipinski definition) is 0. The highest BCUT2D eigenvalue weighted by Crippen LogP contribution is 2.53. The highest BCUT2D eigenvalue weighted by atomic mass is 35.5. The van der Waals surface area contributed by atoms with E-state index in [1.807, 2.05) is 0 Å². The number of nitrogens with zero attached hydrogens (tertiary/aromatic N) is 2. The molecule has 0 atom stereocenters. The number of hydrogen-bond acceptors (Lipinski definition) is 2. The van der Waals surface area contributed by atoms with E-state index in [2.05, 4.69) is 202 Å². The molecule has 2 aliphatic heterocycles. The molecule has 2 heterocycles. The molecular weight excluding hydrogens is 759 g/mol. The van der Waals surface area contributed by atoms with Gasteiger partial charge in [0.2, 0.25) is 0 Å². The van der Waals surface area contributed by atoms with Crippen LogP contribution in [0.1, 0.15) is 135 Å². The zero-order chi connectivity index (χ0) is 43.2. The van der Waals surface area contributed by atoms with Crippen LogP contribution in [0.5, 0.6) is 0 Å². The molecule has 2 nitrogen and oxygen atoms in total. The maximum absolute atomic E-state index is 7.10. The van der Waals surface area contributed by atoms with E-state index in [4.69, 9.17) is 11.6 Å². The molecule has 10 rings (SSSR count). The van der Waals surface area contributed by atoms with Gasteiger partial charge < -0.3 is 9.80 Å². The molecule has 4 heteroatoms. The second-order valence-electron chi connectivity index (χ2n) is 22.6. The van der Waals surface area contributed by atoms with Crippen LogP contribution < -0.4 is 26.2 Å². The topological polar surface area (TPSA) is 6.48 Å². The number of benzene rings is 6. The quantitative estimate of drug-likeness (QED) is 0.164. The summed E-state index contributed by atoms with van der Waals surface area (Å²) < 4.78 is 0. The largest absolute Gasteiger partial charge is 0.311 e. The lowest BCUT2D eigenvalue weighted by molar-refractivity contribution is 0.332. The smallest absolute Gasteiger partial charge is 0.252 e. The SMILES string of the molecule is Cc1cc2c3c(c1)N(c1ccc(C(C)(C)C)cc1-c1ccccc1)c1cc(Cl)ccc1B3c1cc3c(cc1N2c1ccc2c(c1)C(C)(C)CCC2(C)C)C(C)(C)CCC3(C)C. The van der Waals surface area contributed by atoms with Gasteiger partial charge in [0.1, 0.15) is 0 Å². The molecular formula is C57H62BClN2. The van der Waals surface area contributed by atoms with Crippen LogP contribution >= 0.6 is 11.6 Å². The summed E-state index contributed by atoms with van der Waals surface area (Å²) in [6.07, 6.45) is 4.72. The van der Waals surface area contributed by atoms with Gasteiger partial charge in [0.15, 0.2) is 0 Å². The van der Waals surface area contributed by atoms with Crippen LogP contribution in [0, 0.1) is 6.92 Å². The zero-order valence-corrected chi connectivity index (χ0v) is 39.3. The van der Waals surface area contributed by atoms with Crippen molar-refractivity contribution in [1.29, 1.82) is 0 Å². The molecule has 4 aliphatic rings. The predicted octanol–water partition coefficient (Wildman–Crippen LogP) is 14.4. The van der Waals surface area contributed by atoms with Crippen molar-refractivity contribution >= 4 is 68.8 Å². The van der Waals surface area contributed by atoms with Gasteiger partial charge in [-0.05, 0) is 170 Å². The molecule has 310 valence electrons. The van der Waals surface area contributed by atoms with Crippen LogP contribution in [0.15, 0.2) is 109 Å².